The second-order valence-electron chi connectivity index (χ2n) is 9.56. The van der Waals surface area contributed by atoms with E-state index < -0.39 is 0 Å². The predicted octanol–water partition coefficient (Wildman–Crippen LogP) is 9.42. The van der Waals surface area contributed by atoms with E-state index in [-0.39, 0.29) is 0 Å². The lowest BCUT2D eigenvalue weighted by Gasteiger charge is -2.32. The number of benzene rings is 4. The maximum Gasteiger partial charge on any atom is 0.181 e. The Hall–Kier alpha value is -5.82. The molecule has 0 saturated carbocycles. The minimum Gasteiger partial charge on any atom is -0.457 e. The van der Waals surface area contributed by atoms with Crippen LogP contribution in [-0.4, -0.2) is 9.97 Å². The monoisotopic (exact) mass is 534 g/mol. The highest BCUT2D eigenvalue weighted by molar-refractivity contribution is 5.85. The van der Waals surface area contributed by atoms with E-state index in [9.17, 15) is 0 Å². The first-order valence-electron chi connectivity index (χ1n) is 13.2. The number of rotatable bonds is 4. The molecule has 0 atom stereocenters. The standard InChI is InChI=1S/C34H22N4O3/c1-3-15-29-27(13-1)37(33-31(40-29)17-7-19-35-33)23-9-5-11-25(21-23)39-26-12-6-10-24(22-26)38-28-14-2-4-16-30(28)41-32-18-8-20-36-34(32)38/h1-22H. The van der Waals surface area contributed by atoms with Gasteiger partial charge >= 0.3 is 0 Å². The van der Waals surface area contributed by atoms with Crippen molar-refractivity contribution in [3.05, 3.63) is 134 Å². The van der Waals surface area contributed by atoms with E-state index >= 15 is 0 Å². The number of hydrogen-bond acceptors (Lipinski definition) is 7. The highest BCUT2D eigenvalue weighted by Crippen LogP contribution is 2.51. The van der Waals surface area contributed by atoms with E-state index in [1.165, 1.54) is 0 Å². The summed E-state index contributed by atoms with van der Waals surface area (Å²) in [7, 11) is 0. The third-order valence-electron chi connectivity index (χ3n) is 6.96. The number of hydrogen-bond donors (Lipinski definition) is 0. The van der Waals surface area contributed by atoms with E-state index in [1.807, 2.05) is 121 Å². The molecule has 7 heteroatoms. The van der Waals surface area contributed by atoms with Crippen LogP contribution in [0.3, 0.4) is 0 Å². The van der Waals surface area contributed by atoms with Crippen LogP contribution in [0.4, 0.5) is 34.4 Å². The topological polar surface area (TPSA) is 60.0 Å². The highest BCUT2D eigenvalue weighted by Gasteiger charge is 2.28. The van der Waals surface area contributed by atoms with E-state index in [0.717, 1.165) is 45.9 Å². The maximum atomic E-state index is 6.44. The third kappa shape index (κ3) is 3.99. The zero-order valence-corrected chi connectivity index (χ0v) is 21.7. The molecule has 196 valence electrons. The van der Waals surface area contributed by atoms with Gasteiger partial charge in [-0.15, -0.1) is 0 Å². The van der Waals surface area contributed by atoms with Crippen molar-refractivity contribution < 1.29 is 14.2 Å². The average molecular weight is 535 g/mol. The lowest BCUT2D eigenvalue weighted by Crippen LogP contribution is -2.17. The minimum absolute atomic E-state index is 0.696. The largest absolute Gasteiger partial charge is 0.457 e. The molecule has 0 radical (unpaired) electrons. The molecule has 0 saturated heterocycles. The molecule has 41 heavy (non-hydrogen) atoms. The quantitative estimate of drug-likeness (QED) is 0.223. The molecule has 8 rings (SSSR count). The Labute approximate surface area is 236 Å². The molecule has 0 fully saturated rings. The summed E-state index contributed by atoms with van der Waals surface area (Å²) in [4.78, 5) is 13.4. The third-order valence-corrected chi connectivity index (χ3v) is 6.96. The van der Waals surface area contributed by atoms with Crippen molar-refractivity contribution in [1.82, 2.24) is 9.97 Å². The number of fused-ring (bicyclic) bond motifs is 4. The van der Waals surface area contributed by atoms with Crippen LogP contribution in [0.15, 0.2) is 134 Å². The molecule has 4 aromatic carbocycles. The Morgan fingerprint density at radius 2 is 0.927 bits per heavy atom. The first-order valence-corrected chi connectivity index (χ1v) is 13.2. The van der Waals surface area contributed by atoms with Crippen LogP contribution in [0, 0.1) is 0 Å². The van der Waals surface area contributed by atoms with Crippen molar-refractivity contribution in [3.8, 4) is 34.5 Å². The molecule has 0 amide bonds. The first-order chi connectivity index (χ1) is 20.3. The summed E-state index contributed by atoms with van der Waals surface area (Å²) in [6, 6.07) is 39.4. The fourth-order valence-corrected chi connectivity index (χ4v) is 5.21. The van der Waals surface area contributed by atoms with Crippen LogP contribution in [-0.2, 0) is 0 Å². The highest BCUT2D eigenvalue weighted by atomic mass is 16.5. The maximum absolute atomic E-state index is 6.44. The van der Waals surface area contributed by atoms with E-state index in [1.54, 1.807) is 12.4 Å². The fraction of sp³-hybridized carbons (Fsp3) is 0. The molecule has 0 spiro atoms. The van der Waals surface area contributed by atoms with Crippen molar-refractivity contribution in [1.29, 1.82) is 0 Å². The van der Waals surface area contributed by atoms with Crippen molar-refractivity contribution in [2.75, 3.05) is 9.80 Å². The van der Waals surface area contributed by atoms with E-state index in [0.29, 0.717) is 23.0 Å². The molecule has 2 aromatic heterocycles. The molecule has 0 N–H and O–H groups in total. The lowest BCUT2D eigenvalue weighted by atomic mass is 10.1. The molecule has 2 aliphatic heterocycles. The van der Waals surface area contributed by atoms with Crippen molar-refractivity contribution in [2.45, 2.75) is 0 Å². The molecule has 6 aromatic rings. The smallest absolute Gasteiger partial charge is 0.181 e. The molecule has 2 aliphatic rings. The van der Waals surface area contributed by atoms with Gasteiger partial charge < -0.3 is 14.2 Å². The second kappa shape index (κ2) is 9.43. The Morgan fingerprint density at radius 3 is 1.44 bits per heavy atom. The normalized spacial score (nSPS) is 12.7. The van der Waals surface area contributed by atoms with Gasteiger partial charge in [0.15, 0.2) is 34.6 Å². The van der Waals surface area contributed by atoms with Gasteiger partial charge in [-0.25, -0.2) is 9.97 Å². The van der Waals surface area contributed by atoms with E-state index in [2.05, 4.69) is 19.8 Å². The summed E-state index contributed by atoms with van der Waals surface area (Å²) < 4.78 is 18.7. The summed E-state index contributed by atoms with van der Waals surface area (Å²) in [6.07, 6.45) is 3.54. The molecule has 7 nitrogen and oxygen atoms in total. The lowest BCUT2D eigenvalue weighted by molar-refractivity contribution is 0.472. The van der Waals surface area contributed by atoms with Gasteiger partial charge in [-0.3, -0.25) is 9.80 Å². The zero-order chi connectivity index (χ0) is 27.2. The van der Waals surface area contributed by atoms with Crippen LogP contribution >= 0.6 is 0 Å². The average Bonchev–Trinajstić information content (AvgIpc) is 3.02. The van der Waals surface area contributed by atoms with E-state index in [4.69, 9.17) is 14.2 Å². The van der Waals surface area contributed by atoms with Gasteiger partial charge in [0.25, 0.3) is 0 Å². The van der Waals surface area contributed by atoms with Crippen LogP contribution in [0.1, 0.15) is 0 Å². The van der Waals surface area contributed by atoms with Crippen LogP contribution in [0.2, 0.25) is 0 Å². The van der Waals surface area contributed by atoms with Crippen LogP contribution < -0.4 is 24.0 Å². The molecule has 4 heterocycles. The molecule has 0 unspecified atom stereocenters. The first kappa shape index (κ1) is 23.1. The van der Waals surface area contributed by atoms with Crippen LogP contribution in [0.5, 0.6) is 34.5 Å². The summed E-state index contributed by atoms with van der Waals surface area (Å²) >= 11 is 0. The molecular weight excluding hydrogens is 512 g/mol. The van der Waals surface area contributed by atoms with Gasteiger partial charge in [-0.1, -0.05) is 36.4 Å². The number of pyridine rings is 2. The van der Waals surface area contributed by atoms with Crippen molar-refractivity contribution in [2.24, 2.45) is 0 Å². The van der Waals surface area contributed by atoms with Gasteiger partial charge in [0.2, 0.25) is 0 Å². The molecular formula is C34H22N4O3. The summed E-state index contributed by atoms with van der Waals surface area (Å²) in [6.45, 7) is 0. The fourth-order valence-electron chi connectivity index (χ4n) is 5.21. The number of anilines is 6. The Morgan fingerprint density at radius 1 is 0.463 bits per heavy atom. The molecule has 0 bridgehead atoms. The minimum atomic E-state index is 0.696. The van der Waals surface area contributed by atoms with Gasteiger partial charge in [-0.05, 0) is 72.8 Å². The predicted molar refractivity (Wildman–Crippen MR) is 158 cm³/mol. The Bertz CT molecular complexity index is 1700. The van der Waals surface area contributed by atoms with Crippen LogP contribution in [0.25, 0.3) is 0 Å². The SMILES string of the molecule is c1cc(Oc2cccc(N3c4ccccc4Oc4cccnc43)c2)cc(N2c3ccccc3Oc3cccnc32)c1. The zero-order valence-electron chi connectivity index (χ0n) is 21.7. The summed E-state index contributed by atoms with van der Waals surface area (Å²) in [5.74, 6) is 5.78. The number of aromatic nitrogens is 2. The summed E-state index contributed by atoms with van der Waals surface area (Å²) in [5, 5.41) is 0. The molecule has 0 aliphatic carbocycles. The number of nitrogens with zero attached hydrogens (tertiary/aromatic N) is 4. The van der Waals surface area contributed by atoms with Gasteiger partial charge in [0.05, 0.1) is 22.7 Å². The second-order valence-corrected chi connectivity index (χ2v) is 9.56. The summed E-state index contributed by atoms with van der Waals surface area (Å²) in [5.41, 5.74) is 3.65. The van der Waals surface area contributed by atoms with Gasteiger partial charge in [0, 0.05) is 24.5 Å². The van der Waals surface area contributed by atoms with Crippen molar-refractivity contribution >= 4 is 34.4 Å². The number of ether oxygens (including phenoxy) is 3. The van der Waals surface area contributed by atoms with Crippen molar-refractivity contribution in [3.63, 3.8) is 0 Å². The van der Waals surface area contributed by atoms with Gasteiger partial charge in [0.1, 0.15) is 11.5 Å². The Kier molecular flexibility index (Phi) is 5.31. The number of para-hydroxylation sites is 4. The Balaban J connectivity index is 1.16. The van der Waals surface area contributed by atoms with Gasteiger partial charge in [-0.2, -0.15) is 0 Å².